The highest BCUT2D eigenvalue weighted by atomic mass is 16.5. The van der Waals surface area contributed by atoms with Crippen LogP contribution in [0.1, 0.15) is 43.6 Å². The smallest absolute Gasteiger partial charge is 0.358 e. The molecule has 1 heterocycles. The van der Waals surface area contributed by atoms with E-state index >= 15 is 0 Å². The standard InChI is InChI=1S/C14H20N2O4/c1-3-4-5-8-16-13(17)10(2)20-11-7-6-9-15-12(11)14(18)19/h6-7,9-10H,3-5,8H2,1-2H3,(H,16,17)(H,18,19). The number of carboxylic acid groups (broad SMARTS) is 1. The van der Waals surface area contributed by atoms with Crippen molar-refractivity contribution in [2.45, 2.75) is 39.2 Å². The van der Waals surface area contributed by atoms with Crippen molar-refractivity contribution < 1.29 is 19.4 Å². The summed E-state index contributed by atoms with van der Waals surface area (Å²) in [6, 6.07) is 3.05. The van der Waals surface area contributed by atoms with Crippen LogP contribution < -0.4 is 10.1 Å². The summed E-state index contributed by atoms with van der Waals surface area (Å²) in [4.78, 5) is 26.5. The van der Waals surface area contributed by atoms with E-state index in [9.17, 15) is 9.59 Å². The van der Waals surface area contributed by atoms with Gasteiger partial charge in [0.2, 0.25) is 0 Å². The molecule has 0 bridgehead atoms. The zero-order valence-electron chi connectivity index (χ0n) is 11.8. The van der Waals surface area contributed by atoms with E-state index in [0.717, 1.165) is 19.3 Å². The third-order valence-electron chi connectivity index (χ3n) is 2.73. The second-order valence-electron chi connectivity index (χ2n) is 4.41. The van der Waals surface area contributed by atoms with Gasteiger partial charge < -0.3 is 15.2 Å². The largest absolute Gasteiger partial charge is 0.478 e. The lowest BCUT2D eigenvalue weighted by Gasteiger charge is -2.15. The number of carbonyl (C=O) groups is 2. The van der Waals surface area contributed by atoms with Gasteiger partial charge in [-0.15, -0.1) is 0 Å². The number of aromatic nitrogens is 1. The maximum Gasteiger partial charge on any atom is 0.358 e. The molecule has 0 spiro atoms. The summed E-state index contributed by atoms with van der Waals surface area (Å²) in [5, 5.41) is 11.7. The van der Waals surface area contributed by atoms with E-state index in [2.05, 4.69) is 17.2 Å². The minimum Gasteiger partial charge on any atom is -0.478 e. The highest BCUT2D eigenvalue weighted by Gasteiger charge is 2.18. The summed E-state index contributed by atoms with van der Waals surface area (Å²) in [6.45, 7) is 4.26. The normalized spacial score (nSPS) is 11.7. The molecule has 110 valence electrons. The van der Waals surface area contributed by atoms with Crippen molar-refractivity contribution in [3.05, 3.63) is 24.0 Å². The first-order valence-corrected chi connectivity index (χ1v) is 6.69. The van der Waals surface area contributed by atoms with Gasteiger partial charge in [0, 0.05) is 12.7 Å². The molecule has 0 aliphatic rings. The molecule has 1 aromatic heterocycles. The third kappa shape index (κ3) is 4.87. The summed E-state index contributed by atoms with van der Waals surface area (Å²) >= 11 is 0. The fourth-order valence-electron chi connectivity index (χ4n) is 1.62. The average molecular weight is 280 g/mol. The molecular weight excluding hydrogens is 260 g/mol. The van der Waals surface area contributed by atoms with Crippen LogP contribution in [0.25, 0.3) is 0 Å². The summed E-state index contributed by atoms with van der Waals surface area (Å²) < 4.78 is 5.37. The van der Waals surface area contributed by atoms with Gasteiger partial charge in [-0.05, 0) is 25.5 Å². The lowest BCUT2D eigenvalue weighted by atomic mass is 10.2. The quantitative estimate of drug-likeness (QED) is 0.709. The van der Waals surface area contributed by atoms with Crippen LogP contribution in [0.5, 0.6) is 5.75 Å². The van der Waals surface area contributed by atoms with Crippen molar-refractivity contribution in [2.75, 3.05) is 6.54 Å². The number of hydrogen-bond acceptors (Lipinski definition) is 4. The molecule has 0 aliphatic heterocycles. The summed E-state index contributed by atoms with van der Waals surface area (Å²) in [5.41, 5.74) is -0.196. The first-order chi connectivity index (χ1) is 9.56. The molecule has 6 heteroatoms. The summed E-state index contributed by atoms with van der Waals surface area (Å²) in [6.07, 6.45) is 3.66. The lowest BCUT2D eigenvalue weighted by molar-refractivity contribution is -0.127. The minimum absolute atomic E-state index is 0.0937. The Morgan fingerprint density at radius 2 is 2.20 bits per heavy atom. The predicted octanol–water partition coefficient (Wildman–Crippen LogP) is 1.85. The zero-order valence-corrected chi connectivity index (χ0v) is 11.8. The molecule has 0 aliphatic carbocycles. The van der Waals surface area contributed by atoms with E-state index in [4.69, 9.17) is 9.84 Å². The van der Waals surface area contributed by atoms with Gasteiger partial charge in [-0.2, -0.15) is 0 Å². The first-order valence-electron chi connectivity index (χ1n) is 6.69. The van der Waals surface area contributed by atoms with Crippen LogP contribution in [0.4, 0.5) is 0 Å². The number of nitrogens with zero attached hydrogens (tertiary/aromatic N) is 1. The van der Waals surface area contributed by atoms with Crippen LogP contribution in [-0.2, 0) is 4.79 Å². The van der Waals surface area contributed by atoms with Crippen LogP contribution in [-0.4, -0.2) is 34.6 Å². The van der Waals surface area contributed by atoms with Crippen molar-refractivity contribution >= 4 is 11.9 Å². The Labute approximate surface area is 118 Å². The van der Waals surface area contributed by atoms with Gasteiger partial charge in [-0.3, -0.25) is 4.79 Å². The van der Waals surface area contributed by atoms with Crippen molar-refractivity contribution in [3.63, 3.8) is 0 Å². The van der Waals surface area contributed by atoms with Gasteiger partial charge in [-0.25, -0.2) is 9.78 Å². The first kappa shape index (κ1) is 15.9. The number of ether oxygens (including phenoxy) is 1. The van der Waals surface area contributed by atoms with Crippen LogP contribution >= 0.6 is 0 Å². The van der Waals surface area contributed by atoms with E-state index in [1.54, 1.807) is 13.0 Å². The number of carboxylic acids is 1. The fourth-order valence-corrected chi connectivity index (χ4v) is 1.62. The minimum atomic E-state index is -1.18. The number of hydrogen-bond donors (Lipinski definition) is 2. The van der Waals surface area contributed by atoms with Crippen molar-refractivity contribution in [3.8, 4) is 5.75 Å². The molecule has 0 aromatic carbocycles. The van der Waals surface area contributed by atoms with Gasteiger partial charge in [0.25, 0.3) is 5.91 Å². The SMILES string of the molecule is CCCCCNC(=O)C(C)Oc1cccnc1C(=O)O. The highest BCUT2D eigenvalue weighted by Crippen LogP contribution is 2.16. The molecule has 2 N–H and O–H groups in total. The molecule has 6 nitrogen and oxygen atoms in total. The average Bonchev–Trinajstić information content (AvgIpc) is 2.43. The van der Waals surface area contributed by atoms with Crippen LogP contribution in [0, 0.1) is 0 Å². The number of pyridine rings is 1. The van der Waals surface area contributed by atoms with Crippen molar-refractivity contribution in [2.24, 2.45) is 0 Å². The Bertz CT molecular complexity index is 462. The Kier molecular flexibility index (Phi) is 6.49. The molecule has 1 unspecified atom stereocenters. The maximum atomic E-state index is 11.8. The maximum absolute atomic E-state index is 11.8. The molecule has 0 saturated heterocycles. The second kappa shape index (κ2) is 8.14. The summed E-state index contributed by atoms with van der Waals surface area (Å²) in [5.74, 6) is -1.35. The van der Waals surface area contributed by atoms with Crippen LogP contribution in [0.15, 0.2) is 18.3 Å². The highest BCUT2D eigenvalue weighted by molar-refractivity contribution is 5.88. The van der Waals surface area contributed by atoms with Gasteiger partial charge in [0.05, 0.1) is 0 Å². The second-order valence-corrected chi connectivity index (χ2v) is 4.41. The molecule has 1 amide bonds. The zero-order chi connectivity index (χ0) is 15.0. The number of rotatable bonds is 8. The third-order valence-corrected chi connectivity index (χ3v) is 2.73. The Balaban J connectivity index is 2.55. The number of carbonyl (C=O) groups excluding carboxylic acids is 1. The van der Waals surface area contributed by atoms with Crippen molar-refractivity contribution in [1.82, 2.24) is 10.3 Å². The van der Waals surface area contributed by atoms with Crippen LogP contribution in [0.3, 0.4) is 0 Å². The molecule has 0 radical (unpaired) electrons. The van der Waals surface area contributed by atoms with Gasteiger partial charge >= 0.3 is 5.97 Å². The molecule has 0 saturated carbocycles. The number of nitrogens with one attached hydrogen (secondary N) is 1. The molecular formula is C14H20N2O4. The number of amides is 1. The monoisotopic (exact) mass is 280 g/mol. The molecule has 0 fully saturated rings. The molecule has 20 heavy (non-hydrogen) atoms. The van der Waals surface area contributed by atoms with Gasteiger partial charge in [0.15, 0.2) is 17.5 Å². The van der Waals surface area contributed by atoms with Gasteiger partial charge in [-0.1, -0.05) is 19.8 Å². The number of unbranched alkanes of at least 4 members (excludes halogenated alkanes) is 2. The summed E-state index contributed by atoms with van der Waals surface area (Å²) in [7, 11) is 0. The molecule has 1 atom stereocenters. The lowest BCUT2D eigenvalue weighted by Crippen LogP contribution is -2.37. The van der Waals surface area contributed by atoms with Crippen LogP contribution in [0.2, 0.25) is 0 Å². The number of aromatic carboxylic acids is 1. The van der Waals surface area contributed by atoms with E-state index in [1.165, 1.54) is 12.3 Å². The van der Waals surface area contributed by atoms with Gasteiger partial charge in [0.1, 0.15) is 0 Å². The Morgan fingerprint density at radius 1 is 1.45 bits per heavy atom. The van der Waals surface area contributed by atoms with E-state index in [-0.39, 0.29) is 17.4 Å². The topological polar surface area (TPSA) is 88.5 Å². The van der Waals surface area contributed by atoms with E-state index < -0.39 is 12.1 Å². The van der Waals surface area contributed by atoms with E-state index in [0.29, 0.717) is 6.54 Å². The molecule has 1 aromatic rings. The van der Waals surface area contributed by atoms with E-state index in [1.807, 2.05) is 0 Å². The predicted molar refractivity (Wildman–Crippen MR) is 73.8 cm³/mol. The Morgan fingerprint density at radius 3 is 2.85 bits per heavy atom. The van der Waals surface area contributed by atoms with Crippen molar-refractivity contribution in [1.29, 1.82) is 0 Å². The Hall–Kier alpha value is -2.11. The molecule has 1 rings (SSSR count). The fraction of sp³-hybridized carbons (Fsp3) is 0.500.